The van der Waals surface area contributed by atoms with Crippen LogP contribution in [-0.2, 0) is 0 Å². The van der Waals surface area contributed by atoms with Gasteiger partial charge < -0.3 is 0 Å². The summed E-state index contributed by atoms with van der Waals surface area (Å²) in [4.78, 5) is 17.5. The maximum atomic E-state index is 13.0. The fraction of sp³-hybridized carbons (Fsp3) is 0.150. The predicted octanol–water partition coefficient (Wildman–Crippen LogP) is 5.09. The molecular formula is C20H16ClN3OS. The summed E-state index contributed by atoms with van der Waals surface area (Å²) in [5, 5.41) is 6.23. The van der Waals surface area contributed by atoms with Crippen LogP contribution < -0.4 is 5.56 Å². The van der Waals surface area contributed by atoms with Crippen LogP contribution in [0.4, 0.5) is 0 Å². The molecule has 0 radical (unpaired) electrons. The minimum atomic E-state index is -0.193. The standard InChI is InChI=1S/C20H16ClN3OS/c1-12(14-6-4-3-5-7-14)24-20(25)18-19(26-13(2)22-18)17(23-24)15-8-10-16(21)11-9-15/h3-12H,1-2H3. The first kappa shape index (κ1) is 16.9. The number of hydrogen-bond donors (Lipinski definition) is 0. The summed E-state index contributed by atoms with van der Waals surface area (Å²) < 4.78 is 2.34. The molecule has 4 rings (SSSR count). The van der Waals surface area contributed by atoms with Crippen molar-refractivity contribution >= 4 is 33.2 Å². The highest BCUT2D eigenvalue weighted by Crippen LogP contribution is 2.31. The van der Waals surface area contributed by atoms with Crippen LogP contribution in [0.2, 0.25) is 5.02 Å². The molecule has 0 aliphatic rings. The summed E-state index contributed by atoms with van der Waals surface area (Å²) in [5.74, 6) is 0. The first-order valence-corrected chi connectivity index (χ1v) is 9.45. The fourth-order valence-corrected chi connectivity index (χ4v) is 4.01. The molecule has 26 heavy (non-hydrogen) atoms. The summed E-state index contributed by atoms with van der Waals surface area (Å²) in [6.07, 6.45) is 0. The van der Waals surface area contributed by atoms with E-state index in [0.717, 1.165) is 26.5 Å². The number of benzene rings is 2. The van der Waals surface area contributed by atoms with E-state index >= 15 is 0 Å². The van der Waals surface area contributed by atoms with Crippen LogP contribution in [0.5, 0.6) is 0 Å². The number of aromatic nitrogens is 3. The average molecular weight is 382 g/mol. The van der Waals surface area contributed by atoms with Crippen molar-refractivity contribution in [3.8, 4) is 11.3 Å². The number of rotatable bonds is 3. The number of hydrogen-bond acceptors (Lipinski definition) is 4. The van der Waals surface area contributed by atoms with Gasteiger partial charge in [-0.25, -0.2) is 9.67 Å². The zero-order valence-corrected chi connectivity index (χ0v) is 15.9. The first-order valence-electron chi connectivity index (χ1n) is 8.25. The minimum absolute atomic E-state index is 0.168. The Kier molecular flexibility index (Phi) is 4.34. The lowest BCUT2D eigenvalue weighted by Gasteiger charge is -2.16. The fourth-order valence-electron chi connectivity index (χ4n) is 2.97. The van der Waals surface area contributed by atoms with Crippen LogP contribution >= 0.6 is 22.9 Å². The highest BCUT2D eigenvalue weighted by Gasteiger charge is 2.19. The molecule has 1 atom stereocenters. The van der Waals surface area contributed by atoms with E-state index < -0.39 is 0 Å². The van der Waals surface area contributed by atoms with Gasteiger partial charge in [0.25, 0.3) is 5.56 Å². The Morgan fingerprint density at radius 3 is 2.46 bits per heavy atom. The van der Waals surface area contributed by atoms with E-state index in [2.05, 4.69) is 4.98 Å². The van der Waals surface area contributed by atoms with Crippen molar-refractivity contribution in [2.24, 2.45) is 0 Å². The Bertz CT molecular complexity index is 1130. The molecular weight excluding hydrogens is 366 g/mol. The van der Waals surface area contributed by atoms with E-state index in [1.54, 1.807) is 0 Å². The summed E-state index contributed by atoms with van der Waals surface area (Å²) in [6.45, 7) is 3.88. The van der Waals surface area contributed by atoms with E-state index in [1.165, 1.54) is 16.0 Å². The summed E-state index contributed by atoms with van der Waals surface area (Å²) >= 11 is 7.51. The topological polar surface area (TPSA) is 47.8 Å². The van der Waals surface area contributed by atoms with E-state index in [0.29, 0.717) is 10.5 Å². The van der Waals surface area contributed by atoms with Crippen molar-refractivity contribution in [3.63, 3.8) is 0 Å². The molecule has 0 spiro atoms. The molecule has 2 aromatic heterocycles. The summed E-state index contributed by atoms with van der Waals surface area (Å²) in [6, 6.07) is 17.2. The first-order chi connectivity index (χ1) is 12.5. The lowest BCUT2D eigenvalue weighted by molar-refractivity contribution is 0.539. The molecule has 0 bridgehead atoms. The highest BCUT2D eigenvalue weighted by molar-refractivity contribution is 7.19. The van der Waals surface area contributed by atoms with Gasteiger partial charge in [-0.15, -0.1) is 11.3 Å². The Morgan fingerprint density at radius 2 is 1.77 bits per heavy atom. The Hall–Kier alpha value is -2.50. The maximum absolute atomic E-state index is 13.0. The zero-order valence-electron chi connectivity index (χ0n) is 14.3. The lowest BCUT2D eigenvalue weighted by atomic mass is 10.1. The summed E-state index contributed by atoms with van der Waals surface area (Å²) in [5.41, 5.74) is 2.99. The van der Waals surface area contributed by atoms with Crippen molar-refractivity contribution in [1.29, 1.82) is 0 Å². The number of nitrogens with zero attached hydrogens (tertiary/aromatic N) is 3. The van der Waals surface area contributed by atoms with Gasteiger partial charge in [-0.1, -0.05) is 54.1 Å². The molecule has 0 saturated heterocycles. The van der Waals surface area contributed by atoms with E-state index in [4.69, 9.17) is 16.7 Å². The van der Waals surface area contributed by atoms with Gasteiger partial charge in [-0.3, -0.25) is 4.79 Å². The Labute approximate surface area is 159 Å². The van der Waals surface area contributed by atoms with Gasteiger partial charge in [0.05, 0.1) is 15.7 Å². The second-order valence-corrected chi connectivity index (χ2v) is 7.74. The van der Waals surface area contributed by atoms with Crippen molar-refractivity contribution in [1.82, 2.24) is 14.8 Å². The van der Waals surface area contributed by atoms with Crippen LogP contribution in [0.25, 0.3) is 21.5 Å². The third kappa shape index (κ3) is 2.93. The van der Waals surface area contributed by atoms with Crippen LogP contribution in [0.3, 0.4) is 0 Å². The molecule has 130 valence electrons. The SMILES string of the molecule is Cc1nc2c(=O)n(C(C)c3ccccc3)nc(-c3ccc(Cl)cc3)c2s1. The van der Waals surface area contributed by atoms with Crippen LogP contribution in [0, 0.1) is 6.92 Å². The molecule has 0 saturated carbocycles. The van der Waals surface area contributed by atoms with Crippen LogP contribution in [-0.4, -0.2) is 14.8 Å². The average Bonchev–Trinajstić information content (AvgIpc) is 3.05. The van der Waals surface area contributed by atoms with Gasteiger partial charge in [0.2, 0.25) is 0 Å². The number of fused-ring (bicyclic) bond motifs is 1. The third-order valence-electron chi connectivity index (χ3n) is 4.33. The van der Waals surface area contributed by atoms with Gasteiger partial charge in [0, 0.05) is 10.6 Å². The predicted molar refractivity (Wildman–Crippen MR) is 107 cm³/mol. The monoisotopic (exact) mass is 381 g/mol. The van der Waals surface area contributed by atoms with E-state index in [9.17, 15) is 4.79 Å². The van der Waals surface area contributed by atoms with Crippen molar-refractivity contribution in [3.05, 3.63) is 80.5 Å². The second-order valence-electron chi connectivity index (χ2n) is 6.10. The van der Waals surface area contributed by atoms with Crippen LogP contribution in [0.1, 0.15) is 23.5 Å². The van der Waals surface area contributed by atoms with Gasteiger partial charge in [-0.2, -0.15) is 5.10 Å². The Morgan fingerprint density at radius 1 is 1.08 bits per heavy atom. The number of thiazole rings is 1. The molecule has 0 aliphatic heterocycles. The van der Waals surface area contributed by atoms with Crippen LogP contribution in [0.15, 0.2) is 59.4 Å². The zero-order chi connectivity index (χ0) is 18.3. The van der Waals surface area contributed by atoms with Gasteiger partial charge in [-0.05, 0) is 31.5 Å². The molecule has 0 aliphatic carbocycles. The highest BCUT2D eigenvalue weighted by atomic mass is 35.5. The quantitative estimate of drug-likeness (QED) is 0.496. The van der Waals surface area contributed by atoms with Crippen molar-refractivity contribution < 1.29 is 0 Å². The molecule has 4 aromatic rings. The van der Waals surface area contributed by atoms with E-state index in [-0.39, 0.29) is 11.6 Å². The summed E-state index contributed by atoms with van der Waals surface area (Å²) in [7, 11) is 0. The minimum Gasteiger partial charge on any atom is -0.265 e. The van der Waals surface area contributed by atoms with Gasteiger partial charge in [0.15, 0.2) is 5.52 Å². The lowest BCUT2D eigenvalue weighted by Crippen LogP contribution is -2.27. The molecule has 2 heterocycles. The normalized spacial score (nSPS) is 12.4. The number of halogens is 1. The third-order valence-corrected chi connectivity index (χ3v) is 5.56. The molecule has 0 N–H and O–H groups in total. The number of aryl methyl sites for hydroxylation is 1. The molecule has 6 heteroatoms. The maximum Gasteiger partial charge on any atom is 0.294 e. The van der Waals surface area contributed by atoms with Gasteiger partial charge in [0.1, 0.15) is 5.69 Å². The molecule has 0 amide bonds. The molecule has 0 fully saturated rings. The van der Waals surface area contributed by atoms with Crippen molar-refractivity contribution in [2.45, 2.75) is 19.9 Å². The second kappa shape index (κ2) is 6.67. The largest absolute Gasteiger partial charge is 0.294 e. The molecule has 1 unspecified atom stereocenters. The van der Waals surface area contributed by atoms with Gasteiger partial charge >= 0.3 is 0 Å². The smallest absolute Gasteiger partial charge is 0.265 e. The van der Waals surface area contributed by atoms with E-state index in [1.807, 2.05) is 68.4 Å². The molecule has 4 nitrogen and oxygen atoms in total. The Balaban J connectivity index is 1.98. The molecule has 2 aromatic carbocycles. The van der Waals surface area contributed by atoms with Crippen molar-refractivity contribution in [2.75, 3.05) is 0 Å².